The van der Waals surface area contributed by atoms with Crippen LogP contribution in [-0.2, 0) is 20.7 Å². The van der Waals surface area contributed by atoms with Gasteiger partial charge in [-0.25, -0.2) is 0 Å². The fraction of sp³-hybridized carbons (Fsp3) is 0.316. The molecule has 0 aliphatic rings. The molecule has 0 atom stereocenters. The molecule has 0 saturated carbocycles. The van der Waals surface area contributed by atoms with Crippen molar-refractivity contribution in [1.29, 1.82) is 0 Å². The van der Waals surface area contributed by atoms with Crippen molar-refractivity contribution >= 4 is 29.1 Å². The maximum Gasteiger partial charge on any atom is 0.325 e. The molecule has 0 fully saturated rings. The van der Waals surface area contributed by atoms with Crippen molar-refractivity contribution in [2.24, 2.45) is 0 Å². The summed E-state index contributed by atoms with van der Waals surface area (Å²) in [6.45, 7) is -0.280. The number of hydrogen-bond acceptors (Lipinski definition) is 7. The Morgan fingerprint density at radius 2 is 1.82 bits per heavy atom. The van der Waals surface area contributed by atoms with Crippen LogP contribution in [0.5, 0.6) is 11.5 Å². The average Bonchev–Trinajstić information content (AvgIpc) is 3.23. The predicted octanol–water partition coefficient (Wildman–Crippen LogP) is 1.40. The number of thiophene rings is 1. The van der Waals surface area contributed by atoms with Gasteiger partial charge in [-0.3, -0.25) is 14.4 Å². The van der Waals surface area contributed by atoms with E-state index in [0.29, 0.717) is 23.6 Å². The number of carbonyl (C=O) groups is 3. The van der Waals surface area contributed by atoms with Crippen molar-refractivity contribution in [3.05, 3.63) is 46.2 Å². The van der Waals surface area contributed by atoms with E-state index in [-0.39, 0.29) is 6.54 Å². The third-order valence-corrected chi connectivity index (χ3v) is 4.61. The SMILES string of the molecule is COc1ccc(C(=O)NCC(=O)OCC(=O)NCCc2cccs2)cc1OC. The highest BCUT2D eigenvalue weighted by molar-refractivity contribution is 7.09. The number of amides is 2. The molecule has 1 aromatic heterocycles. The highest BCUT2D eigenvalue weighted by atomic mass is 32.1. The monoisotopic (exact) mass is 406 g/mol. The second-order valence-electron chi connectivity index (χ2n) is 5.59. The van der Waals surface area contributed by atoms with Crippen LogP contribution in [0.3, 0.4) is 0 Å². The van der Waals surface area contributed by atoms with E-state index in [2.05, 4.69) is 10.6 Å². The molecule has 1 aromatic carbocycles. The maximum atomic E-state index is 12.1. The Morgan fingerprint density at radius 3 is 2.50 bits per heavy atom. The number of esters is 1. The Labute approximate surface area is 166 Å². The summed E-state index contributed by atoms with van der Waals surface area (Å²) in [5.41, 5.74) is 0.303. The normalized spacial score (nSPS) is 10.1. The standard InChI is InChI=1S/C19H22N2O6S/c1-25-15-6-5-13(10-16(15)26-2)19(24)21-11-18(23)27-12-17(22)20-8-7-14-4-3-9-28-14/h3-6,9-10H,7-8,11-12H2,1-2H3,(H,20,22)(H,21,24). The van der Waals surface area contributed by atoms with E-state index in [4.69, 9.17) is 14.2 Å². The van der Waals surface area contributed by atoms with Crippen LogP contribution >= 0.6 is 11.3 Å². The zero-order valence-corrected chi connectivity index (χ0v) is 16.5. The quantitative estimate of drug-likeness (QED) is 0.578. The Bertz CT molecular complexity index is 807. The minimum Gasteiger partial charge on any atom is -0.493 e. The van der Waals surface area contributed by atoms with E-state index < -0.39 is 24.4 Å². The zero-order chi connectivity index (χ0) is 20.4. The predicted molar refractivity (Wildman–Crippen MR) is 104 cm³/mol. The summed E-state index contributed by atoms with van der Waals surface area (Å²) in [4.78, 5) is 36.7. The van der Waals surface area contributed by atoms with Gasteiger partial charge in [-0.15, -0.1) is 11.3 Å². The molecule has 2 amide bonds. The molecule has 0 aliphatic carbocycles. The average molecular weight is 406 g/mol. The van der Waals surface area contributed by atoms with Crippen LogP contribution in [0, 0.1) is 0 Å². The Balaban J connectivity index is 1.68. The Kier molecular flexibility index (Phi) is 8.29. The molecule has 0 bridgehead atoms. The van der Waals surface area contributed by atoms with E-state index in [1.807, 2.05) is 17.5 Å². The molecule has 2 N–H and O–H groups in total. The maximum absolute atomic E-state index is 12.1. The highest BCUT2D eigenvalue weighted by Crippen LogP contribution is 2.27. The van der Waals surface area contributed by atoms with Gasteiger partial charge in [-0.2, -0.15) is 0 Å². The molecule has 150 valence electrons. The number of ether oxygens (including phenoxy) is 3. The molecule has 0 spiro atoms. The lowest BCUT2D eigenvalue weighted by atomic mass is 10.2. The van der Waals surface area contributed by atoms with E-state index in [9.17, 15) is 14.4 Å². The third-order valence-electron chi connectivity index (χ3n) is 3.68. The number of methoxy groups -OCH3 is 2. The summed E-state index contributed by atoms with van der Waals surface area (Å²) < 4.78 is 15.1. The minimum absolute atomic E-state index is 0.303. The Hall–Kier alpha value is -3.07. The van der Waals surface area contributed by atoms with Crippen LogP contribution < -0.4 is 20.1 Å². The van der Waals surface area contributed by atoms with Crippen LogP contribution in [0.25, 0.3) is 0 Å². The van der Waals surface area contributed by atoms with Gasteiger partial charge in [0.05, 0.1) is 14.2 Å². The molecule has 2 rings (SSSR count). The smallest absolute Gasteiger partial charge is 0.325 e. The molecular formula is C19H22N2O6S. The molecule has 2 aromatic rings. The lowest BCUT2D eigenvalue weighted by molar-refractivity contribution is -0.147. The van der Waals surface area contributed by atoms with Crippen molar-refractivity contribution in [2.75, 3.05) is 33.9 Å². The second-order valence-corrected chi connectivity index (χ2v) is 6.62. The molecule has 0 saturated heterocycles. The first-order valence-corrected chi connectivity index (χ1v) is 9.36. The molecule has 0 aliphatic heterocycles. The molecule has 1 heterocycles. The van der Waals surface area contributed by atoms with Gasteiger partial charge < -0.3 is 24.8 Å². The summed E-state index contributed by atoms with van der Waals surface area (Å²) in [5.74, 6) is -0.683. The fourth-order valence-electron chi connectivity index (χ4n) is 2.26. The largest absolute Gasteiger partial charge is 0.493 e. The van der Waals surface area contributed by atoms with E-state index in [1.165, 1.54) is 20.3 Å². The van der Waals surface area contributed by atoms with Crippen molar-refractivity contribution in [1.82, 2.24) is 10.6 Å². The lowest BCUT2D eigenvalue weighted by Gasteiger charge is -2.10. The van der Waals surface area contributed by atoms with Gasteiger partial charge in [0.15, 0.2) is 18.1 Å². The second kappa shape index (κ2) is 10.9. The molecule has 0 unspecified atom stereocenters. The summed E-state index contributed by atoms with van der Waals surface area (Å²) in [6.07, 6.45) is 0.721. The molecule has 0 radical (unpaired) electrons. The van der Waals surface area contributed by atoms with Crippen molar-refractivity contribution in [3.63, 3.8) is 0 Å². The highest BCUT2D eigenvalue weighted by Gasteiger charge is 2.13. The number of carbonyl (C=O) groups excluding carboxylic acids is 3. The molecule has 28 heavy (non-hydrogen) atoms. The van der Waals surface area contributed by atoms with E-state index >= 15 is 0 Å². The minimum atomic E-state index is -0.706. The van der Waals surface area contributed by atoms with Gasteiger partial charge >= 0.3 is 5.97 Å². The van der Waals surface area contributed by atoms with Gasteiger partial charge in [0.2, 0.25) is 0 Å². The van der Waals surface area contributed by atoms with Crippen LogP contribution in [0.4, 0.5) is 0 Å². The van der Waals surface area contributed by atoms with Crippen molar-refractivity contribution < 1.29 is 28.6 Å². The van der Waals surface area contributed by atoms with Crippen LogP contribution in [-0.4, -0.2) is 51.7 Å². The van der Waals surface area contributed by atoms with Crippen molar-refractivity contribution in [3.8, 4) is 11.5 Å². The first-order chi connectivity index (χ1) is 13.5. The zero-order valence-electron chi connectivity index (χ0n) is 15.7. The van der Waals surface area contributed by atoms with Gasteiger partial charge in [0, 0.05) is 17.0 Å². The lowest BCUT2D eigenvalue weighted by Crippen LogP contribution is -2.34. The van der Waals surface area contributed by atoms with Gasteiger partial charge in [0.1, 0.15) is 6.54 Å². The summed E-state index contributed by atoms with van der Waals surface area (Å²) in [6, 6.07) is 8.56. The van der Waals surface area contributed by atoms with Gasteiger partial charge in [-0.1, -0.05) is 6.07 Å². The molecule has 9 heteroatoms. The molecule has 8 nitrogen and oxygen atoms in total. The first-order valence-electron chi connectivity index (χ1n) is 8.48. The number of benzene rings is 1. The topological polar surface area (TPSA) is 103 Å². The summed E-state index contributed by atoms with van der Waals surface area (Å²) in [5, 5.41) is 7.07. The van der Waals surface area contributed by atoms with Gasteiger partial charge in [-0.05, 0) is 36.1 Å². The fourth-order valence-corrected chi connectivity index (χ4v) is 2.97. The Morgan fingerprint density at radius 1 is 1.04 bits per heavy atom. The van der Waals surface area contributed by atoms with Crippen LogP contribution in [0.1, 0.15) is 15.2 Å². The van der Waals surface area contributed by atoms with Crippen LogP contribution in [0.2, 0.25) is 0 Å². The van der Waals surface area contributed by atoms with Crippen LogP contribution in [0.15, 0.2) is 35.7 Å². The molecular weight excluding hydrogens is 384 g/mol. The van der Waals surface area contributed by atoms with E-state index in [0.717, 1.165) is 11.3 Å². The third kappa shape index (κ3) is 6.58. The van der Waals surface area contributed by atoms with Crippen molar-refractivity contribution in [2.45, 2.75) is 6.42 Å². The van der Waals surface area contributed by atoms with E-state index in [1.54, 1.807) is 23.5 Å². The van der Waals surface area contributed by atoms with Gasteiger partial charge in [0.25, 0.3) is 11.8 Å². The number of rotatable bonds is 10. The summed E-state index contributed by atoms with van der Waals surface area (Å²) >= 11 is 1.61. The summed E-state index contributed by atoms with van der Waals surface area (Å²) in [7, 11) is 2.95. The number of nitrogens with one attached hydrogen (secondary N) is 2. The first kappa shape index (κ1) is 21.2. The number of hydrogen-bond donors (Lipinski definition) is 2.